The smallest absolute Gasteiger partial charge is 0.283 e. The summed E-state index contributed by atoms with van der Waals surface area (Å²) in [6, 6.07) is 17.4. The van der Waals surface area contributed by atoms with Gasteiger partial charge in [-0.05, 0) is 30.5 Å². The van der Waals surface area contributed by atoms with Crippen molar-refractivity contribution in [2.75, 3.05) is 13.2 Å². The lowest BCUT2D eigenvalue weighted by Crippen LogP contribution is -2.19. The van der Waals surface area contributed by atoms with Crippen LogP contribution in [0.15, 0.2) is 71.2 Å². The first-order chi connectivity index (χ1) is 13.8. The number of rotatable bonds is 6. The van der Waals surface area contributed by atoms with Crippen molar-refractivity contribution in [3.8, 4) is 5.75 Å². The number of hydrogen-bond donors (Lipinski definition) is 0. The zero-order chi connectivity index (χ0) is 19.2. The van der Waals surface area contributed by atoms with E-state index in [1.807, 2.05) is 52.5 Å². The molecule has 3 aromatic rings. The molecule has 1 atom stereocenters. The molecule has 28 heavy (non-hydrogen) atoms. The van der Waals surface area contributed by atoms with Crippen LogP contribution in [0.25, 0.3) is 0 Å². The zero-order valence-corrected chi connectivity index (χ0v) is 16.3. The molecule has 1 aliphatic rings. The molecule has 2 heterocycles. The number of thiazole rings is 1. The monoisotopic (exact) mass is 394 g/mol. The molecule has 4 rings (SSSR count). The van der Waals surface area contributed by atoms with Gasteiger partial charge in [-0.15, -0.1) is 11.3 Å². The molecule has 1 amide bonds. The molecular formula is C22H22N2O3S. The summed E-state index contributed by atoms with van der Waals surface area (Å²) in [5.41, 5.74) is 1.63. The van der Waals surface area contributed by atoms with Crippen LogP contribution in [0, 0.1) is 0 Å². The largest absolute Gasteiger partial charge is 0.490 e. The Labute approximate surface area is 167 Å². The second-order valence-corrected chi connectivity index (χ2v) is 7.53. The Balaban J connectivity index is 1.53. The van der Waals surface area contributed by atoms with Gasteiger partial charge in [-0.2, -0.15) is 4.99 Å². The fourth-order valence-electron chi connectivity index (χ4n) is 3.16. The van der Waals surface area contributed by atoms with Gasteiger partial charge in [-0.3, -0.25) is 4.79 Å². The first-order valence-corrected chi connectivity index (χ1v) is 10.3. The van der Waals surface area contributed by atoms with Gasteiger partial charge in [0.1, 0.15) is 12.4 Å². The van der Waals surface area contributed by atoms with Crippen molar-refractivity contribution in [2.24, 2.45) is 4.99 Å². The number of para-hydroxylation sites is 1. The topological polar surface area (TPSA) is 52.8 Å². The third kappa shape index (κ3) is 4.58. The lowest BCUT2D eigenvalue weighted by atomic mass is 10.2. The molecule has 1 aliphatic heterocycles. The molecular weight excluding hydrogens is 372 g/mol. The summed E-state index contributed by atoms with van der Waals surface area (Å²) >= 11 is 1.45. The molecule has 0 spiro atoms. The summed E-state index contributed by atoms with van der Waals surface area (Å²) in [4.78, 5) is 17.9. The predicted octanol–water partition coefficient (Wildman–Crippen LogP) is 3.90. The molecule has 2 aromatic carbocycles. The Hall–Kier alpha value is -2.70. The predicted molar refractivity (Wildman–Crippen MR) is 109 cm³/mol. The molecule has 1 unspecified atom stereocenters. The van der Waals surface area contributed by atoms with E-state index in [1.54, 1.807) is 6.07 Å². The Morgan fingerprint density at radius 3 is 2.82 bits per heavy atom. The van der Waals surface area contributed by atoms with E-state index in [4.69, 9.17) is 9.47 Å². The standard InChI is InChI=1S/C22H22N2O3S/c25-21(19-10-4-5-11-20(19)27-16-18-9-6-13-26-18)23-22-24(12-14-28-22)15-17-7-2-1-3-8-17/h1-5,7-8,10-12,14,18H,6,9,13,15-16H2. The highest BCUT2D eigenvalue weighted by molar-refractivity contribution is 7.07. The van der Waals surface area contributed by atoms with E-state index >= 15 is 0 Å². The first kappa shape index (κ1) is 18.7. The van der Waals surface area contributed by atoms with E-state index in [-0.39, 0.29) is 12.0 Å². The van der Waals surface area contributed by atoms with Crippen molar-refractivity contribution in [3.05, 3.63) is 82.1 Å². The Kier molecular flexibility index (Phi) is 5.99. The minimum absolute atomic E-state index is 0.102. The molecule has 6 heteroatoms. The third-order valence-corrected chi connectivity index (χ3v) is 5.41. The summed E-state index contributed by atoms with van der Waals surface area (Å²) < 4.78 is 13.5. The minimum atomic E-state index is -0.299. The van der Waals surface area contributed by atoms with E-state index in [9.17, 15) is 4.79 Å². The Morgan fingerprint density at radius 2 is 2.00 bits per heavy atom. The molecule has 1 aromatic heterocycles. The highest BCUT2D eigenvalue weighted by Gasteiger charge is 2.18. The molecule has 144 valence electrons. The van der Waals surface area contributed by atoms with Crippen molar-refractivity contribution >= 4 is 17.2 Å². The van der Waals surface area contributed by atoms with Gasteiger partial charge < -0.3 is 14.0 Å². The summed E-state index contributed by atoms with van der Waals surface area (Å²) in [6.45, 7) is 1.91. The van der Waals surface area contributed by atoms with Crippen LogP contribution in [-0.4, -0.2) is 29.8 Å². The highest BCUT2D eigenvalue weighted by Crippen LogP contribution is 2.21. The molecule has 5 nitrogen and oxygen atoms in total. The maximum absolute atomic E-state index is 12.8. The number of benzene rings is 2. The van der Waals surface area contributed by atoms with E-state index in [1.165, 1.54) is 11.3 Å². The van der Waals surface area contributed by atoms with Crippen LogP contribution in [0.3, 0.4) is 0 Å². The minimum Gasteiger partial charge on any atom is -0.490 e. The second-order valence-electron chi connectivity index (χ2n) is 6.66. The number of ether oxygens (including phenoxy) is 2. The van der Waals surface area contributed by atoms with Crippen LogP contribution in [0.4, 0.5) is 0 Å². The van der Waals surface area contributed by atoms with Gasteiger partial charge in [0, 0.05) is 24.7 Å². The van der Waals surface area contributed by atoms with Crippen molar-refractivity contribution in [1.82, 2.24) is 4.57 Å². The fourth-order valence-corrected chi connectivity index (χ4v) is 3.89. The van der Waals surface area contributed by atoms with Crippen LogP contribution in [0.2, 0.25) is 0 Å². The van der Waals surface area contributed by atoms with Crippen LogP contribution in [0.1, 0.15) is 28.8 Å². The van der Waals surface area contributed by atoms with Gasteiger partial charge in [0.2, 0.25) is 0 Å². The average molecular weight is 394 g/mol. The van der Waals surface area contributed by atoms with Crippen LogP contribution in [-0.2, 0) is 11.3 Å². The molecule has 1 fully saturated rings. The molecule has 1 saturated heterocycles. The van der Waals surface area contributed by atoms with Gasteiger partial charge in [-0.25, -0.2) is 0 Å². The van der Waals surface area contributed by atoms with Gasteiger partial charge in [0.25, 0.3) is 5.91 Å². The number of nitrogens with zero attached hydrogens (tertiary/aromatic N) is 2. The lowest BCUT2D eigenvalue weighted by molar-refractivity contribution is 0.0672. The molecule has 0 radical (unpaired) electrons. The SMILES string of the molecule is O=C(N=c1sccn1Cc1ccccc1)c1ccccc1OCC1CCCO1. The summed E-state index contributed by atoms with van der Waals surface area (Å²) in [5.74, 6) is 0.255. The molecule has 0 saturated carbocycles. The highest BCUT2D eigenvalue weighted by atomic mass is 32.1. The van der Waals surface area contributed by atoms with E-state index in [0.29, 0.717) is 29.3 Å². The number of carbonyl (C=O) groups is 1. The molecule has 0 aliphatic carbocycles. The van der Waals surface area contributed by atoms with Gasteiger partial charge in [0.15, 0.2) is 4.80 Å². The number of carbonyl (C=O) groups excluding carboxylic acids is 1. The van der Waals surface area contributed by atoms with Crippen molar-refractivity contribution < 1.29 is 14.3 Å². The third-order valence-electron chi connectivity index (χ3n) is 4.62. The lowest BCUT2D eigenvalue weighted by Gasteiger charge is -2.13. The van der Waals surface area contributed by atoms with Crippen LogP contribution in [0.5, 0.6) is 5.75 Å². The number of amides is 1. The number of hydrogen-bond acceptors (Lipinski definition) is 4. The summed E-state index contributed by atoms with van der Waals surface area (Å²) in [6.07, 6.45) is 4.10. The van der Waals surface area contributed by atoms with Crippen molar-refractivity contribution in [2.45, 2.75) is 25.5 Å². The Morgan fingerprint density at radius 1 is 1.18 bits per heavy atom. The van der Waals surface area contributed by atoms with Crippen LogP contribution >= 0.6 is 11.3 Å². The van der Waals surface area contributed by atoms with E-state index < -0.39 is 0 Å². The summed E-state index contributed by atoms with van der Waals surface area (Å²) in [7, 11) is 0. The normalized spacial score (nSPS) is 17.0. The molecule has 0 bridgehead atoms. The second kappa shape index (κ2) is 8.99. The van der Waals surface area contributed by atoms with Gasteiger partial charge in [0.05, 0.1) is 11.7 Å². The van der Waals surface area contributed by atoms with Crippen molar-refractivity contribution in [1.29, 1.82) is 0 Å². The average Bonchev–Trinajstić information content (AvgIpc) is 3.40. The number of aromatic nitrogens is 1. The van der Waals surface area contributed by atoms with E-state index in [2.05, 4.69) is 17.1 Å². The maximum atomic E-state index is 12.8. The van der Waals surface area contributed by atoms with Crippen molar-refractivity contribution in [3.63, 3.8) is 0 Å². The van der Waals surface area contributed by atoms with Gasteiger partial charge >= 0.3 is 0 Å². The first-order valence-electron chi connectivity index (χ1n) is 9.40. The van der Waals surface area contributed by atoms with Crippen LogP contribution < -0.4 is 9.54 Å². The summed E-state index contributed by atoms with van der Waals surface area (Å²) in [5, 5.41) is 1.94. The maximum Gasteiger partial charge on any atom is 0.283 e. The molecule has 0 N–H and O–H groups in total. The quantitative estimate of drug-likeness (QED) is 0.637. The Bertz CT molecular complexity index is 988. The zero-order valence-electron chi connectivity index (χ0n) is 15.5. The van der Waals surface area contributed by atoms with E-state index in [0.717, 1.165) is 25.0 Å². The van der Waals surface area contributed by atoms with Gasteiger partial charge in [-0.1, -0.05) is 42.5 Å². The fraction of sp³-hybridized carbons (Fsp3) is 0.273.